The third-order valence-electron chi connectivity index (χ3n) is 6.55. The van der Waals surface area contributed by atoms with Crippen molar-refractivity contribution in [1.82, 2.24) is 19.7 Å². The van der Waals surface area contributed by atoms with Crippen LogP contribution in [0.3, 0.4) is 0 Å². The molecule has 1 aliphatic carbocycles. The van der Waals surface area contributed by atoms with E-state index < -0.39 is 11.8 Å². The van der Waals surface area contributed by atoms with Gasteiger partial charge in [-0.05, 0) is 49.3 Å². The topological polar surface area (TPSA) is 93.0 Å². The first-order chi connectivity index (χ1) is 15.4. The summed E-state index contributed by atoms with van der Waals surface area (Å²) in [5.74, 6) is -1.11. The third-order valence-corrected chi connectivity index (χ3v) is 6.55. The number of nitrogens with zero attached hydrogens (tertiary/aromatic N) is 3. The van der Waals surface area contributed by atoms with Gasteiger partial charge in [0.2, 0.25) is 0 Å². The number of hydrogen-bond donors (Lipinski definition) is 2. The van der Waals surface area contributed by atoms with Crippen molar-refractivity contribution in [2.45, 2.75) is 44.9 Å². The Balaban J connectivity index is 1.83. The number of H-pyrrole nitrogens is 1. The van der Waals surface area contributed by atoms with Crippen molar-refractivity contribution in [3.05, 3.63) is 47.5 Å². The summed E-state index contributed by atoms with van der Waals surface area (Å²) in [6.07, 6.45) is 3.77. The minimum absolute atomic E-state index is 0.0902. The second-order valence-corrected chi connectivity index (χ2v) is 8.82. The van der Waals surface area contributed by atoms with Crippen LogP contribution < -0.4 is 4.74 Å². The van der Waals surface area contributed by atoms with E-state index in [0.717, 1.165) is 39.8 Å². The van der Waals surface area contributed by atoms with E-state index in [1.807, 2.05) is 6.07 Å². The molecule has 0 radical (unpaired) electrons. The van der Waals surface area contributed by atoms with E-state index >= 15 is 0 Å². The molecule has 5 rings (SSSR count). The number of pyridine rings is 1. The molecular formula is C24H25FN4O3. The Bertz CT molecular complexity index is 1340. The van der Waals surface area contributed by atoms with E-state index in [9.17, 15) is 14.3 Å². The first-order valence-corrected chi connectivity index (χ1v) is 10.8. The van der Waals surface area contributed by atoms with Gasteiger partial charge in [0.05, 0.1) is 30.3 Å². The highest BCUT2D eigenvalue weighted by Gasteiger charge is 2.36. The lowest BCUT2D eigenvalue weighted by atomic mass is 9.91. The van der Waals surface area contributed by atoms with Gasteiger partial charge >= 0.3 is 5.97 Å². The van der Waals surface area contributed by atoms with E-state index in [0.29, 0.717) is 18.5 Å². The Hall–Kier alpha value is -3.42. The number of aromatic nitrogens is 4. The zero-order valence-corrected chi connectivity index (χ0v) is 18.2. The lowest BCUT2D eigenvalue weighted by molar-refractivity contribution is -0.141. The molecule has 0 aliphatic heterocycles. The van der Waals surface area contributed by atoms with Crippen LogP contribution in [0.2, 0.25) is 0 Å². The van der Waals surface area contributed by atoms with Crippen molar-refractivity contribution < 1.29 is 19.0 Å². The summed E-state index contributed by atoms with van der Waals surface area (Å²) in [5, 5.41) is 17.5. The summed E-state index contributed by atoms with van der Waals surface area (Å²) < 4.78 is 21.5. The van der Waals surface area contributed by atoms with Crippen LogP contribution in [0.5, 0.6) is 5.75 Å². The van der Waals surface area contributed by atoms with Crippen molar-refractivity contribution >= 4 is 28.0 Å². The SMILES string of the molecule is COc1cc(-n2c(C(C)C)c([C@@H]3CC[C@@H](C(=O)O)C3)c3nc4[nH]ncc4cc32)ccc1F. The summed E-state index contributed by atoms with van der Waals surface area (Å²) in [5.41, 5.74) is 5.35. The van der Waals surface area contributed by atoms with E-state index in [4.69, 9.17) is 9.72 Å². The molecule has 1 aliphatic rings. The lowest BCUT2D eigenvalue weighted by Crippen LogP contribution is -2.10. The Labute approximate surface area is 184 Å². The third kappa shape index (κ3) is 3.13. The number of carbonyl (C=O) groups is 1. The van der Waals surface area contributed by atoms with Gasteiger partial charge in [0.25, 0.3) is 0 Å². The Morgan fingerprint density at radius 1 is 1.31 bits per heavy atom. The monoisotopic (exact) mass is 436 g/mol. The van der Waals surface area contributed by atoms with Crippen LogP contribution in [-0.2, 0) is 4.79 Å². The summed E-state index contributed by atoms with van der Waals surface area (Å²) in [6.45, 7) is 4.23. The van der Waals surface area contributed by atoms with Crippen molar-refractivity contribution in [1.29, 1.82) is 0 Å². The maximum Gasteiger partial charge on any atom is 0.306 e. The molecule has 4 aromatic rings. The van der Waals surface area contributed by atoms with E-state index in [1.165, 1.54) is 13.2 Å². The van der Waals surface area contributed by atoms with Gasteiger partial charge in [-0.3, -0.25) is 9.89 Å². The molecule has 2 atom stereocenters. The Morgan fingerprint density at radius 2 is 2.12 bits per heavy atom. The van der Waals surface area contributed by atoms with Gasteiger partial charge in [0.1, 0.15) is 0 Å². The van der Waals surface area contributed by atoms with Gasteiger partial charge in [0, 0.05) is 28.4 Å². The Kier molecular flexibility index (Phi) is 4.87. The summed E-state index contributed by atoms with van der Waals surface area (Å²) in [4.78, 5) is 16.6. The van der Waals surface area contributed by atoms with Crippen LogP contribution in [0.1, 0.15) is 56.2 Å². The molecule has 0 amide bonds. The highest BCUT2D eigenvalue weighted by Crippen LogP contribution is 2.46. The van der Waals surface area contributed by atoms with Gasteiger partial charge < -0.3 is 14.4 Å². The first-order valence-electron chi connectivity index (χ1n) is 10.8. The van der Waals surface area contributed by atoms with E-state index in [-0.39, 0.29) is 23.5 Å². The summed E-state index contributed by atoms with van der Waals surface area (Å²) in [7, 11) is 1.45. The number of fused-ring (bicyclic) bond motifs is 2. The van der Waals surface area contributed by atoms with Crippen LogP contribution in [0.25, 0.3) is 27.8 Å². The predicted molar refractivity (Wildman–Crippen MR) is 119 cm³/mol. The summed E-state index contributed by atoms with van der Waals surface area (Å²) >= 11 is 0. The maximum atomic E-state index is 14.2. The Morgan fingerprint density at radius 3 is 2.81 bits per heavy atom. The molecular weight excluding hydrogens is 411 g/mol. The molecule has 1 saturated carbocycles. The molecule has 32 heavy (non-hydrogen) atoms. The van der Waals surface area contributed by atoms with Gasteiger partial charge in [0.15, 0.2) is 17.2 Å². The zero-order chi connectivity index (χ0) is 22.6. The molecule has 8 heteroatoms. The fraction of sp³-hybridized carbons (Fsp3) is 0.375. The molecule has 7 nitrogen and oxygen atoms in total. The van der Waals surface area contributed by atoms with Crippen molar-refractivity contribution in [3.8, 4) is 11.4 Å². The number of ether oxygens (including phenoxy) is 1. The molecule has 3 heterocycles. The van der Waals surface area contributed by atoms with Crippen molar-refractivity contribution in [2.75, 3.05) is 7.11 Å². The number of aliphatic carboxylic acids is 1. The van der Waals surface area contributed by atoms with Crippen molar-refractivity contribution in [2.24, 2.45) is 5.92 Å². The number of carboxylic acid groups (broad SMARTS) is 1. The number of nitrogens with one attached hydrogen (secondary N) is 1. The normalized spacial score (nSPS) is 18.8. The second kappa shape index (κ2) is 7.62. The molecule has 0 spiro atoms. The number of aromatic amines is 1. The van der Waals surface area contributed by atoms with Gasteiger partial charge in [-0.15, -0.1) is 0 Å². The molecule has 0 unspecified atom stereocenters. The number of carboxylic acids is 1. The number of hydrogen-bond acceptors (Lipinski definition) is 4. The molecule has 2 N–H and O–H groups in total. The first kappa shape index (κ1) is 20.5. The minimum Gasteiger partial charge on any atom is -0.494 e. The average molecular weight is 436 g/mol. The van der Waals surface area contributed by atoms with Crippen molar-refractivity contribution in [3.63, 3.8) is 0 Å². The highest BCUT2D eigenvalue weighted by atomic mass is 19.1. The number of methoxy groups -OCH3 is 1. The van der Waals surface area contributed by atoms with Crippen LogP contribution in [-0.4, -0.2) is 37.9 Å². The molecule has 0 bridgehead atoms. The fourth-order valence-corrected chi connectivity index (χ4v) is 5.11. The molecule has 1 aromatic carbocycles. The molecule has 1 fully saturated rings. The van der Waals surface area contributed by atoms with Crippen LogP contribution >= 0.6 is 0 Å². The maximum absolute atomic E-state index is 14.2. The fourth-order valence-electron chi connectivity index (χ4n) is 5.11. The second-order valence-electron chi connectivity index (χ2n) is 8.82. The smallest absolute Gasteiger partial charge is 0.306 e. The van der Waals surface area contributed by atoms with Crippen LogP contribution in [0, 0.1) is 11.7 Å². The minimum atomic E-state index is -0.741. The van der Waals surface area contributed by atoms with Crippen LogP contribution in [0.15, 0.2) is 30.5 Å². The van der Waals surface area contributed by atoms with Gasteiger partial charge in [-0.1, -0.05) is 13.8 Å². The molecule has 166 valence electrons. The van der Waals surface area contributed by atoms with E-state index in [1.54, 1.807) is 18.3 Å². The standard InChI is InChI=1S/C24H25FN4O3/c1-12(2)22-20(13-4-5-14(8-13)24(30)31)21-18(9-15-11-26-28-23(15)27-21)29(22)16-6-7-17(25)19(10-16)32-3/h6-7,9-14H,4-5,8H2,1-3H3,(H,30,31)(H,26,27,28)/t13-,14-/m1/s1. The number of rotatable bonds is 5. The average Bonchev–Trinajstić information content (AvgIpc) is 3.49. The quantitative estimate of drug-likeness (QED) is 0.452. The van der Waals surface area contributed by atoms with Gasteiger partial charge in [-0.2, -0.15) is 5.10 Å². The number of benzene rings is 1. The predicted octanol–water partition coefficient (Wildman–Crippen LogP) is 5.14. The molecule has 3 aromatic heterocycles. The van der Waals surface area contributed by atoms with Gasteiger partial charge in [-0.25, -0.2) is 9.37 Å². The largest absolute Gasteiger partial charge is 0.494 e. The lowest BCUT2D eigenvalue weighted by Gasteiger charge is -2.18. The summed E-state index contributed by atoms with van der Waals surface area (Å²) in [6, 6.07) is 6.87. The number of halogens is 1. The van der Waals surface area contributed by atoms with Crippen LogP contribution in [0.4, 0.5) is 4.39 Å². The highest BCUT2D eigenvalue weighted by molar-refractivity contribution is 5.93. The molecule has 0 saturated heterocycles. The van der Waals surface area contributed by atoms with E-state index in [2.05, 4.69) is 28.6 Å². The zero-order valence-electron chi connectivity index (χ0n) is 18.2.